The number of nitro benzene ring substituents is 1. The van der Waals surface area contributed by atoms with E-state index in [1.807, 2.05) is 0 Å². The third-order valence-corrected chi connectivity index (χ3v) is 4.80. The number of rotatable bonds is 6. The number of benzene rings is 1. The molecule has 2 amide bonds. The van der Waals surface area contributed by atoms with Gasteiger partial charge in [0.15, 0.2) is 0 Å². The van der Waals surface area contributed by atoms with Gasteiger partial charge < -0.3 is 10.2 Å². The Labute approximate surface area is 146 Å². The van der Waals surface area contributed by atoms with E-state index in [4.69, 9.17) is 0 Å². The summed E-state index contributed by atoms with van der Waals surface area (Å²) in [4.78, 5) is 24.7. The highest BCUT2D eigenvalue weighted by atomic mass is 32.2. The first-order valence-corrected chi connectivity index (χ1v) is 9.93. The van der Waals surface area contributed by atoms with Crippen molar-refractivity contribution in [1.29, 1.82) is 0 Å². The van der Waals surface area contributed by atoms with E-state index in [1.165, 1.54) is 18.2 Å². The molecule has 0 radical (unpaired) electrons. The fourth-order valence-electron chi connectivity index (χ4n) is 2.90. The lowest BCUT2D eigenvalue weighted by atomic mass is 10.00. The Hall–Kier alpha value is -2.20. The van der Waals surface area contributed by atoms with Gasteiger partial charge in [-0.2, -0.15) is 0 Å². The number of hydrogen-bond acceptors (Lipinski definition) is 5. The molecule has 25 heavy (non-hydrogen) atoms. The van der Waals surface area contributed by atoms with Crippen LogP contribution in [0.1, 0.15) is 25.7 Å². The van der Waals surface area contributed by atoms with Gasteiger partial charge in [0.25, 0.3) is 5.69 Å². The number of urea groups is 1. The third-order valence-electron chi connectivity index (χ3n) is 4.07. The van der Waals surface area contributed by atoms with Gasteiger partial charge >= 0.3 is 6.03 Å². The van der Waals surface area contributed by atoms with Gasteiger partial charge in [-0.15, -0.1) is 0 Å². The summed E-state index contributed by atoms with van der Waals surface area (Å²) in [6, 6.07) is 5.46. The zero-order valence-electron chi connectivity index (χ0n) is 14.0. The molecule has 1 saturated heterocycles. The number of hydrogen-bond donors (Lipinski definition) is 2. The van der Waals surface area contributed by atoms with Crippen LogP contribution in [0.2, 0.25) is 0 Å². The highest BCUT2D eigenvalue weighted by molar-refractivity contribution is 7.88. The average Bonchev–Trinajstić information content (AvgIpc) is 2.54. The quantitative estimate of drug-likeness (QED) is 0.585. The van der Waals surface area contributed by atoms with E-state index in [2.05, 4.69) is 10.0 Å². The Morgan fingerprint density at radius 1 is 1.36 bits per heavy atom. The number of carbonyl (C=O) groups is 1. The van der Waals surface area contributed by atoms with Crippen LogP contribution in [-0.4, -0.2) is 49.7 Å². The molecule has 0 aliphatic carbocycles. The van der Waals surface area contributed by atoms with Crippen LogP contribution in [0, 0.1) is 10.1 Å². The SMILES string of the molecule is CS(=O)(=O)NCC[C@H]1CCCCN1C(=O)Nc1ccccc1[N+](=O)[O-]. The van der Waals surface area contributed by atoms with E-state index in [0.29, 0.717) is 13.0 Å². The second kappa shape index (κ2) is 8.26. The van der Waals surface area contributed by atoms with Crippen LogP contribution in [0.25, 0.3) is 0 Å². The normalized spacial score (nSPS) is 18.0. The molecule has 2 rings (SSSR count). The lowest BCUT2D eigenvalue weighted by Gasteiger charge is -2.35. The summed E-state index contributed by atoms with van der Waals surface area (Å²) in [6.07, 6.45) is 4.17. The fourth-order valence-corrected chi connectivity index (χ4v) is 3.39. The van der Waals surface area contributed by atoms with Crippen molar-refractivity contribution in [2.45, 2.75) is 31.7 Å². The summed E-state index contributed by atoms with van der Waals surface area (Å²) in [5, 5.41) is 13.7. The van der Waals surface area contributed by atoms with E-state index in [-0.39, 0.29) is 24.0 Å². The van der Waals surface area contributed by atoms with Crippen molar-refractivity contribution >= 4 is 27.4 Å². The minimum absolute atomic E-state index is 0.106. The maximum atomic E-state index is 12.6. The number of carbonyl (C=O) groups excluding carboxylic acids is 1. The van der Waals surface area contributed by atoms with E-state index in [9.17, 15) is 23.3 Å². The highest BCUT2D eigenvalue weighted by Crippen LogP contribution is 2.25. The topological polar surface area (TPSA) is 122 Å². The van der Waals surface area contributed by atoms with Gasteiger partial charge in [-0.05, 0) is 31.7 Å². The van der Waals surface area contributed by atoms with Gasteiger partial charge in [0.05, 0.1) is 11.2 Å². The van der Waals surface area contributed by atoms with Gasteiger partial charge in [0, 0.05) is 25.2 Å². The number of para-hydroxylation sites is 2. The van der Waals surface area contributed by atoms with E-state index in [0.717, 1.165) is 25.5 Å². The van der Waals surface area contributed by atoms with Crippen molar-refractivity contribution in [3.8, 4) is 0 Å². The van der Waals surface area contributed by atoms with Crippen molar-refractivity contribution < 1.29 is 18.1 Å². The number of anilines is 1. The molecule has 2 N–H and O–H groups in total. The summed E-state index contributed by atoms with van der Waals surface area (Å²) in [7, 11) is -3.27. The van der Waals surface area contributed by atoms with E-state index < -0.39 is 21.0 Å². The monoisotopic (exact) mass is 370 g/mol. The molecule has 0 spiro atoms. The van der Waals surface area contributed by atoms with Crippen LogP contribution in [0.15, 0.2) is 24.3 Å². The summed E-state index contributed by atoms with van der Waals surface area (Å²) in [6.45, 7) is 0.786. The number of amides is 2. The third kappa shape index (κ3) is 5.68. The molecule has 1 heterocycles. The molecule has 1 fully saturated rings. The Morgan fingerprint density at radius 3 is 2.76 bits per heavy atom. The smallest absolute Gasteiger partial charge is 0.322 e. The standard InChI is InChI=1S/C15H22N4O5S/c1-25(23,24)16-10-9-12-6-4-5-11-18(12)15(20)17-13-7-2-3-8-14(13)19(21)22/h2-3,7-8,12,16H,4-6,9-11H2,1H3,(H,17,20)/t12-/m1/s1. The molecule has 9 nitrogen and oxygen atoms in total. The van der Waals surface area contributed by atoms with Crippen LogP contribution in [0.5, 0.6) is 0 Å². The zero-order chi connectivity index (χ0) is 18.4. The highest BCUT2D eigenvalue weighted by Gasteiger charge is 2.28. The number of piperidine rings is 1. The number of nitro groups is 1. The molecule has 1 aromatic carbocycles. The number of nitrogens with one attached hydrogen (secondary N) is 2. The fraction of sp³-hybridized carbons (Fsp3) is 0.533. The van der Waals surface area contributed by atoms with Crippen LogP contribution in [-0.2, 0) is 10.0 Å². The molecular formula is C15H22N4O5S. The molecule has 0 aromatic heterocycles. The van der Waals surface area contributed by atoms with Gasteiger partial charge in [0.2, 0.25) is 10.0 Å². The first kappa shape index (κ1) is 19.1. The lowest BCUT2D eigenvalue weighted by molar-refractivity contribution is -0.383. The molecular weight excluding hydrogens is 348 g/mol. The summed E-state index contributed by atoms with van der Waals surface area (Å²) in [5.41, 5.74) is -0.0146. The van der Waals surface area contributed by atoms with Crippen LogP contribution >= 0.6 is 0 Å². The zero-order valence-corrected chi connectivity index (χ0v) is 14.8. The van der Waals surface area contributed by atoms with Crippen molar-refractivity contribution in [2.75, 3.05) is 24.7 Å². The largest absolute Gasteiger partial charge is 0.322 e. The molecule has 138 valence electrons. The Bertz CT molecular complexity index is 737. The predicted octanol–water partition coefficient (Wildman–Crippen LogP) is 1.92. The maximum Gasteiger partial charge on any atom is 0.322 e. The molecule has 0 unspecified atom stereocenters. The van der Waals surface area contributed by atoms with Crippen molar-refractivity contribution in [3.05, 3.63) is 34.4 Å². The van der Waals surface area contributed by atoms with E-state index in [1.54, 1.807) is 11.0 Å². The first-order chi connectivity index (χ1) is 11.8. The molecule has 0 bridgehead atoms. The van der Waals surface area contributed by atoms with Gasteiger partial charge in [-0.25, -0.2) is 17.9 Å². The van der Waals surface area contributed by atoms with Gasteiger partial charge in [0.1, 0.15) is 5.69 Å². The number of likely N-dealkylation sites (tertiary alicyclic amines) is 1. The van der Waals surface area contributed by atoms with E-state index >= 15 is 0 Å². The molecule has 10 heteroatoms. The Morgan fingerprint density at radius 2 is 2.08 bits per heavy atom. The number of sulfonamides is 1. The molecule has 1 aliphatic rings. The van der Waals surface area contributed by atoms with Crippen LogP contribution < -0.4 is 10.0 Å². The van der Waals surface area contributed by atoms with Gasteiger partial charge in [-0.3, -0.25) is 10.1 Å². The second-order valence-corrected chi connectivity index (χ2v) is 7.84. The summed E-state index contributed by atoms with van der Waals surface area (Å²) >= 11 is 0. The second-order valence-electron chi connectivity index (χ2n) is 6.00. The first-order valence-electron chi connectivity index (χ1n) is 8.03. The summed E-state index contributed by atoms with van der Waals surface area (Å²) < 4.78 is 24.8. The maximum absolute atomic E-state index is 12.6. The van der Waals surface area contributed by atoms with Crippen molar-refractivity contribution in [3.63, 3.8) is 0 Å². The molecule has 1 aromatic rings. The molecule has 0 saturated carbocycles. The van der Waals surface area contributed by atoms with Crippen LogP contribution in [0.3, 0.4) is 0 Å². The van der Waals surface area contributed by atoms with Crippen molar-refractivity contribution in [1.82, 2.24) is 9.62 Å². The van der Waals surface area contributed by atoms with Crippen LogP contribution in [0.4, 0.5) is 16.2 Å². The molecule has 1 aliphatic heterocycles. The Balaban J connectivity index is 2.04. The minimum atomic E-state index is -3.27. The van der Waals surface area contributed by atoms with Gasteiger partial charge in [-0.1, -0.05) is 12.1 Å². The predicted molar refractivity (Wildman–Crippen MR) is 93.9 cm³/mol. The lowest BCUT2D eigenvalue weighted by Crippen LogP contribution is -2.47. The summed E-state index contributed by atoms with van der Waals surface area (Å²) in [5.74, 6) is 0. The number of nitrogens with zero attached hydrogens (tertiary/aromatic N) is 2. The molecule has 1 atom stereocenters. The van der Waals surface area contributed by atoms with Crippen molar-refractivity contribution in [2.24, 2.45) is 0 Å². The minimum Gasteiger partial charge on any atom is -0.322 e. The average molecular weight is 370 g/mol. The Kier molecular flexibility index (Phi) is 6.32.